The molecule has 0 amide bonds. The molecule has 0 heterocycles. The number of hydrogen-bond acceptors (Lipinski definition) is 4. The normalized spacial score (nSPS) is 6.88. The molecule has 0 aromatic carbocycles. The highest BCUT2D eigenvalue weighted by molar-refractivity contribution is 7.99. The summed E-state index contributed by atoms with van der Waals surface area (Å²) in [6.07, 6.45) is 0.990. The highest BCUT2D eigenvalue weighted by atomic mass is 32.2. The fraction of sp³-hybridized carbons (Fsp3) is 0. The van der Waals surface area contributed by atoms with Gasteiger partial charge in [0.05, 0.1) is 0 Å². The third-order valence-electron chi connectivity index (χ3n) is 0.328. The number of thiocyanates is 1. The summed E-state index contributed by atoms with van der Waals surface area (Å²) in [5, 5.41) is 9.37. The molecule has 0 radical (unpaired) electrons. The van der Waals surface area contributed by atoms with Gasteiger partial charge in [-0.3, -0.25) is 0 Å². The second kappa shape index (κ2) is 4.22. The number of rotatable bonds is 2. The summed E-state index contributed by atoms with van der Waals surface area (Å²) in [5.74, 6) is -0.600. The van der Waals surface area contributed by atoms with E-state index in [2.05, 4.69) is 10.8 Å². The molecule has 0 fully saturated rings. The molecular formula is C4H3NO2S. The first kappa shape index (κ1) is 7.05. The summed E-state index contributed by atoms with van der Waals surface area (Å²) in [4.78, 5) is 10.1. The van der Waals surface area contributed by atoms with E-state index < -0.39 is 5.97 Å². The van der Waals surface area contributed by atoms with Crippen molar-refractivity contribution < 1.29 is 8.98 Å². The second-order valence-corrected chi connectivity index (χ2v) is 1.30. The highest BCUT2D eigenvalue weighted by Gasteiger charge is 1.91. The van der Waals surface area contributed by atoms with Gasteiger partial charge in [-0.05, 0) is 0 Å². The van der Waals surface area contributed by atoms with E-state index >= 15 is 0 Å². The Labute approximate surface area is 51.1 Å². The molecule has 0 rings (SSSR count). The predicted octanol–water partition coefficient (Wildman–Crippen LogP) is 0.845. The number of carbonyl (C=O) groups is 1. The Balaban J connectivity index is 3.28. The van der Waals surface area contributed by atoms with Crippen molar-refractivity contribution in [3.8, 4) is 5.40 Å². The summed E-state index contributed by atoms with van der Waals surface area (Å²) < 4.78 is 4.14. The zero-order chi connectivity index (χ0) is 6.41. The lowest BCUT2D eigenvalue weighted by Crippen LogP contribution is -1.89. The standard InChI is InChI=1S/C4H3NO2S/c1-2-4(6)7-8-3-5/h2H,1H2. The molecule has 42 valence electrons. The maximum atomic E-state index is 10.1. The SMILES string of the molecule is C=CC(=O)OSC#N. The van der Waals surface area contributed by atoms with Crippen LogP contribution in [0.2, 0.25) is 0 Å². The van der Waals surface area contributed by atoms with Crippen LogP contribution in [0.1, 0.15) is 0 Å². The Hall–Kier alpha value is -0.950. The van der Waals surface area contributed by atoms with Gasteiger partial charge in [0.2, 0.25) is 0 Å². The van der Waals surface area contributed by atoms with E-state index in [1.165, 1.54) is 0 Å². The molecule has 3 nitrogen and oxygen atoms in total. The maximum Gasteiger partial charge on any atom is 0.343 e. The van der Waals surface area contributed by atoms with Gasteiger partial charge in [-0.2, -0.15) is 5.26 Å². The van der Waals surface area contributed by atoms with Gasteiger partial charge in [0.25, 0.3) is 0 Å². The first-order chi connectivity index (χ1) is 3.81. The van der Waals surface area contributed by atoms with E-state index in [0.29, 0.717) is 12.0 Å². The van der Waals surface area contributed by atoms with E-state index in [-0.39, 0.29) is 0 Å². The van der Waals surface area contributed by atoms with Crippen LogP contribution in [0.25, 0.3) is 0 Å². The molecule has 0 saturated carbocycles. The molecule has 0 aromatic heterocycles. The Morgan fingerprint density at radius 3 is 3.00 bits per heavy atom. The minimum Gasteiger partial charge on any atom is -0.372 e. The van der Waals surface area contributed by atoms with Crippen LogP contribution in [-0.2, 0) is 8.98 Å². The fourth-order valence-electron chi connectivity index (χ4n) is 0.0937. The molecule has 0 saturated heterocycles. The smallest absolute Gasteiger partial charge is 0.343 e. The number of carbonyl (C=O) groups excluding carboxylic acids is 1. The van der Waals surface area contributed by atoms with Gasteiger partial charge in [0.1, 0.15) is 0 Å². The van der Waals surface area contributed by atoms with Gasteiger partial charge in [-0.1, -0.05) is 6.58 Å². The molecule has 4 heteroatoms. The van der Waals surface area contributed by atoms with Crippen molar-refractivity contribution in [3.63, 3.8) is 0 Å². The van der Waals surface area contributed by atoms with Crippen molar-refractivity contribution in [1.82, 2.24) is 0 Å². The van der Waals surface area contributed by atoms with E-state index in [0.717, 1.165) is 6.08 Å². The monoisotopic (exact) mass is 129 g/mol. The molecule has 0 unspecified atom stereocenters. The molecule has 0 N–H and O–H groups in total. The zero-order valence-corrected chi connectivity index (χ0v) is 4.77. The van der Waals surface area contributed by atoms with Gasteiger partial charge in [-0.15, -0.1) is 0 Å². The average Bonchev–Trinajstić information content (AvgIpc) is 1.83. The van der Waals surface area contributed by atoms with Crippen LogP contribution < -0.4 is 0 Å². The van der Waals surface area contributed by atoms with Crippen LogP contribution in [0, 0.1) is 10.7 Å². The summed E-state index contributed by atoms with van der Waals surface area (Å²) in [5.41, 5.74) is 0. The van der Waals surface area contributed by atoms with Crippen LogP contribution in [0.3, 0.4) is 0 Å². The number of nitriles is 1. The minimum atomic E-state index is -0.600. The Kier molecular flexibility index (Phi) is 3.71. The molecule has 0 atom stereocenters. The van der Waals surface area contributed by atoms with Crippen molar-refractivity contribution in [3.05, 3.63) is 12.7 Å². The summed E-state index contributed by atoms with van der Waals surface area (Å²) in [6.45, 7) is 3.12. The quantitative estimate of drug-likeness (QED) is 0.315. The average molecular weight is 129 g/mol. The molecule has 0 aromatic rings. The van der Waals surface area contributed by atoms with E-state index in [1.807, 2.05) is 0 Å². The van der Waals surface area contributed by atoms with Crippen LogP contribution in [0.4, 0.5) is 0 Å². The molecular weight excluding hydrogens is 126 g/mol. The molecule has 0 bridgehead atoms. The summed E-state index contributed by atoms with van der Waals surface area (Å²) in [6, 6.07) is 0. The van der Waals surface area contributed by atoms with Gasteiger partial charge in [0, 0.05) is 6.08 Å². The third kappa shape index (κ3) is 3.25. The summed E-state index contributed by atoms with van der Waals surface area (Å²) >= 11 is 0.426. The predicted molar refractivity (Wildman–Crippen MR) is 29.5 cm³/mol. The summed E-state index contributed by atoms with van der Waals surface area (Å²) in [7, 11) is 0. The molecule has 0 spiro atoms. The lowest BCUT2D eigenvalue weighted by Gasteiger charge is -1.85. The zero-order valence-electron chi connectivity index (χ0n) is 3.96. The number of hydrogen-bond donors (Lipinski definition) is 0. The van der Waals surface area contributed by atoms with Gasteiger partial charge in [-0.25, -0.2) is 4.79 Å². The topological polar surface area (TPSA) is 50.1 Å². The molecule has 0 aliphatic carbocycles. The van der Waals surface area contributed by atoms with Crippen LogP contribution >= 0.6 is 12.0 Å². The molecule has 0 aliphatic rings. The van der Waals surface area contributed by atoms with Crippen molar-refractivity contribution in [2.24, 2.45) is 0 Å². The third-order valence-corrected chi connectivity index (χ3v) is 0.650. The van der Waals surface area contributed by atoms with Gasteiger partial charge < -0.3 is 4.18 Å². The van der Waals surface area contributed by atoms with Crippen molar-refractivity contribution >= 4 is 18.0 Å². The maximum absolute atomic E-state index is 10.1. The van der Waals surface area contributed by atoms with Gasteiger partial charge in [0.15, 0.2) is 17.4 Å². The molecule has 0 aliphatic heterocycles. The van der Waals surface area contributed by atoms with Crippen LogP contribution in [0.5, 0.6) is 0 Å². The van der Waals surface area contributed by atoms with E-state index in [4.69, 9.17) is 5.26 Å². The Bertz CT molecular complexity index is 137. The minimum absolute atomic E-state index is 0.426. The van der Waals surface area contributed by atoms with Crippen LogP contribution in [0.15, 0.2) is 12.7 Å². The van der Waals surface area contributed by atoms with Crippen molar-refractivity contribution in [1.29, 1.82) is 5.26 Å². The largest absolute Gasteiger partial charge is 0.372 e. The van der Waals surface area contributed by atoms with Crippen LogP contribution in [-0.4, -0.2) is 5.97 Å². The fourth-order valence-corrected chi connectivity index (χ4v) is 0.281. The van der Waals surface area contributed by atoms with Crippen molar-refractivity contribution in [2.45, 2.75) is 0 Å². The lowest BCUT2D eigenvalue weighted by molar-refractivity contribution is -0.127. The Morgan fingerprint density at radius 2 is 2.62 bits per heavy atom. The second-order valence-electron chi connectivity index (χ2n) is 0.781. The van der Waals surface area contributed by atoms with E-state index in [1.54, 1.807) is 5.40 Å². The highest BCUT2D eigenvalue weighted by Crippen LogP contribution is 1.97. The lowest BCUT2D eigenvalue weighted by atomic mass is 10.7. The van der Waals surface area contributed by atoms with Gasteiger partial charge >= 0.3 is 5.97 Å². The Morgan fingerprint density at radius 1 is 2.00 bits per heavy atom. The first-order valence-electron chi connectivity index (χ1n) is 1.70. The number of nitrogens with zero attached hydrogens (tertiary/aromatic N) is 1. The molecule has 8 heavy (non-hydrogen) atoms. The van der Waals surface area contributed by atoms with E-state index in [9.17, 15) is 4.79 Å². The first-order valence-corrected chi connectivity index (χ1v) is 2.44. The van der Waals surface area contributed by atoms with Crippen molar-refractivity contribution in [2.75, 3.05) is 0 Å².